The molecule has 0 N–H and O–H groups in total. The summed E-state index contributed by atoms with van der Waals surface area (Å²) < 4.78 is 139. The molecule has 22 heteroatoms. The van der Waals surface area contributed by atoms with Crippen molar-refractivity contribution in [1.82, 2.24) is 68.9 Å². The summed E-state index contributed by atoms with van der Waals surface area (Å²) in [4.78, 5) is 59.8. The fourth-order valence-corrected chi connectivity index (χ4v) is 15.1. The van der Waals surface area contributed by atoms with Gasteiger partial charge in [0.15, 0.2) is 93.2 Å². The molecule has 0 aliphatic carbocycles. The summed E-state index contributed by atoms with van der Waals surface area (Å²) in [6, 6.07) is 95.0. The molecule has 119 heavy (non-hydrogen) atoms. The monoisotopic (exact) mass is 1570 g/mol. The average Bonchev–Trinajstić information content (AvgIpc) is 1.59. The van der Waals surface area contributed by atoms with Crippen LogP contribution < -0.4 is 0 Å². The molecule has 6 heterocycles. The van der Waals surface area contributed by atoms with E-state index >= 15 is 35.1 Å². The highest BCUT2D eigenvalue weighted by Gasteiger charge is 2.39. The van der Waals surface area contributed by atoms with Crippen LogP contribution in [0.15, 0.2) is 328 Å². The van der Waals surface area contributed by atoms with Gasteiger partial charge in [0.2, 0.25) is 5.82 Å². The Balaban J connectivity index is 0.869. The van der Waals surface area contributed by atoms with E-state index in [1.807, 2.05) is 243 Å². The van der Waals surface area contributed by atoms with Gasteiger partial charge in [0, 0.05) is 93.9 Å². The van der Waals surface area contributed by atoms with Crippen molar-refractivity contribution in [3.63, 3.8) is 0 Å². The maximum absolute atomic E-state index is 17.7. The molecule has 0 radical (unpaired) electrons. The largest absolute Gasteiger partial charge is 0.418 e. The fourth-order valence-electron chi connectivity index (χ4n) is 15.1. The van der Waals surface area contributed by atoms with E-state index in [-0.39, 0.29) is 45.4 Å². The Bertz CT molecular complexity index is 6750. The van der Waals surface area contributed by atoms with Crippen LogP contribution in [0.1, 0.15) is 5.56 Å². The lowest BCUT2D eigenvalue weighted by Crippen LogP contribution is -2.14. The molecular formula is C97H54F8N14. The third kappa shape index (κ3) is 13.2. The highest BCUT2D eigenvalue weighted by molar-refractivity contribution is 6.14. The first-order valence-corrected chi connectivity index (χ1v) is 37.6. The van der Waals surface area contributed by atoms with Gasteiger partial charge in [0.05, 0.1) is 44.6 Å². The molecule has 14 aromatic carbocycles. The molecule has 20 rings (SSSR count). The summed E-state index contributed by atoms with van der Waals surface area (Å²) in [7, 11) is 0. The fraction of sp³-hybridized carbons (Fsp3) is 0.0103. The van der Waals surface area contributed by atoms with E-state index in [1.165, 1.54) is 9.13 Å². The molecule has 0 atom stereocenters. The summed E-state index contributed by atoms with van der Waals surface area (Å²) in [5, 5.41) is 1.18. The van der Waals surface area contributed by atoms with Crippen LogP contribution in [0.3, 0.4) is 0 Å². The molecule has 0 saturated heterocycles. The first-order chi connectivity index (χ1) is 58.2. The van der Waals surface area contributed by atoms with E-state index in [9.17, 15) is 0 Å². The number of benzene rings is 14. The molecular weight excluding hydrogens is 1510 g/mol. The van der Waals surface area contributed by atoms with Crippen molar-refractivity contribution in [2.45, 2.75) is 6.18 Å². The number of alkyl halides is 3. The van der Waals surface area contributed by atoms with E-state index in [4.69, 9.17) is 59.8 Å². The maximum Gasteiger partial charge on any atom is 0.418 e. The Hall–Kier alpha value is -15.8. The Morgan fingerprint density at radius 3 is 0.597 bits per heavy atom. The van der Waals surface area contributed by atoms with Gasteiger partial charge in [0.25, 0.3) is 0 Å². The summed E-state index contributed by atoms with van der Waals surface area (Å²) in [6.07, 6.45) is -5.39. The van der Waals surface area contributed by atoms with Crippen LogP contribution in [0, 0.1) is 29.1 Å². The standard InChI is InChI=1S/C97H54F8N14/c98-80-79(81(99)83(101)84(102)82(80)100)71-53-78(119-75-47-43-65(95-114-89(59-33-17-5-18-34-59)108-90(115-95)60-35-19-6-20-36-60)51-69(75)70-52-66(44-48-76(70)119)96-116-91(61-37-21-7-22-38-61)109-92(117-96)62-39-23-8-24-40-62)72(97(103,104)105)54-77(71)118-73-45-41-63(93-110-85(55-25-9-1-10-26-55)106-86(111-93)56-27-11-2-12-28-56)49-67(73)68-50-64(42-46-74(68)118)94-112-87(57-29-13-3-14-30-57)107-88(113-94)58-31-15-4-16-32-58/h1-54H. The van der Waals surface area contributed by atoms with Crippen molar-refractivity contribution in [2.75, 3.05) is 0 Å². The van der Waals surface area contributed by atoms with Crippen molar-refractivity contribution < 1.29 is 35.1 Å². The molecule has 14 nitrogen and oxygen atoms in total. The lowest BCUT2D eigenvalue weighted by Gasteiger charge is -2.23. The topological polar surface area (TPSA) is 165 Å². The zero-order valence-electron chi connectivity index (χ0n) is 62.0. The van der Waals surface area contributed by atoms with Crippen LogP contribution in [-0.4, -0.2) is 68.9 Å². The van der Waals surface area contributed by atoms with E-state index < -0.39 is 63.3 Å². The smallest absolute Gasteiger partial charge is 0.309 e. The third-order valence-corrected chi connectivity index (χ3v) is 20.7. The van der Waals surface area contributed by atoms with Gasteiger partial charge >= 0.3 is 6.18 Å². The van der Waals surface area contributed by atoms with Crippen molar-refractivity contribution >= 4 is 43.6 Å². The molecule has 0 saturated carbocycles. The zero-order valence-corrected chi connectivity index (χ0v) is 62.0. The Morgan fingerprint density at radius 1 is 0.193 bits per heavy atom. The van der Waals surface area contributed by atoms with Crippen LogP contribution in [0.4, 0.5) is 35.1 Å². The minimum atomic E-state index is -5.39. The third-order valence-electron chi connectivity index (χ3n) is 20.7. The first-order valence-electron chi connectivity index (χ1n) is 37.6. The van der Waals surface area contributed by atoms with Crippen LogP contribution in [0.5, 0.6) is 0 Å². The van der Waals surface area contributed by atoms with E-state index in [1.54, 1.807) is 72.8 Å². The highest BCUT2D eigenvalue weighted by Crippen LogP contribution is 2.49. The summed E-state index contributed by atoms with van der Waals surface area (Å²) in [6.45, 7) is 0. The van der Waals surface area contributed by atoms with Gasteiger partial charge in [-0.3, -0.25) is 0 Å². The predicted molar refractivity (Wildman–Crippen MR) is 444 cm³/mol. The number of fused-ring (bicyclic) bond motifs is 6. The quantitative estimate of drug-likeness (QED) is 0.0543. The molecule has 0 aliphatic rings. The molecule has 0 bridgehead atoms. The Kier molecular flexibility index (Phi) is 17.9. The summed E-state index contributed by atoms with van der Waals surface area (Å²) >= 11 is 0. The van der Waals surface area contributed by atoms with E-state index in [0.29, 0.717) is 141 Å². The lowest BCUT2D eigenvalue weighted by molar-refractivity contribution is -0.137. The molecule has 568 valence electrons. The molecule has 6 aromatic heterocycles. The molecule has 0 fully saturated rings. The van der Waals surface area contributed by atoms with Gasteiger partial charge in [-0.05, 0) is 84.9 Å². The predicted octanol–water partition coefficient (Wildman–Crippen LogP) is 24.0. The average molecular weight is 1570 g/mol. The van der Waals surface area contributed by atoms with Crippen molar-refractivity contribution in [3.05, 3.63) is 362 Å². The van der Waals surface area contributed by atoms with Crippen molar-refractivity contribution in [1.29, 1.82) is 0 Å². The van der Waals surface area contributed by atoms with Crippen LogP contribution in [-0.2, 0) is 6.18 Å². The minimum absolute atomic E-state index is 0.0824. The minimum Gasteiger partial charge on any atom is -0.309 e. The van der Waals surface area contributed by atoms with Gasteiger partial charge in [-0.25, -0.2) is 81.8 Å². The molecule has 0 amide bonds. The first kappa shape index (κ1) is 72.1. The van der Waals surface area contributed by atoms with Crippen LogP contribution in [0.25, 0.3) is 203 Å². The number of halogens is 8. The van der Waals surface area contributed by atoms with Gasteiger partial charge in [-0.1, -0.05) is 243 Å². The number of aromatic nitrogens is 14. The summed E-state index contributed by atoms with van der Waals surface area (Å²) in [5.74, 6) is -8.64. The Morgan fingerprint density at radius 2 is 0.387 bits per heavy atom. The van der Waals surface area contributed by atoms with E-state index in [2.05, 4.69) is 0 Å². The summed E-state index contributed by atoms with van der Waals surface area (Å²) in [5.41, 5.74) is 1.95. The van der Waals surface area contributed by atoms with Crippen molar-refractivity contribution in [2.24, 2.45) is 0 Å². The van der Waals surface area contributed by atoms with Gasteiger partial charge in [-0.15, -0.1) is 0 Å². The number of rotatable bonds is 15. The number of nitrogens with zero attached hydrogens (tertiary/aromatic N) is 14. The van der Waals surface area contributed by atoms with Crippen LogP contribution >= 0.6 is 0 Å². The number of hydrogen-bond donors (Lipinski definition) is 0. The second-order valence-corrected chi connectivity index (χ2v) is 28.1. The second-order valence-electron chi connectivity index (χ2n) is 28.1. The lowest BCUT2D eigenvalue weighted by atomic mass is 9.97. The van der Waals surface area contributed by atoms with Gasteiger partial charge in [0.1, 0.15) is 0 Å². The molecule has 20 aromatic rings. The second kappa shape index (κ2) is 29.5. The SMILES string of the molecule is Fc1c(F)c(F)c(-c2cc(-n3c4ccc(-c5nc(-c6ccccc6)nc(-c6ccccc6)n5)cc4c4cc(-c5nc(-c6ccccc6)nc(-c6ccccc6)n5)ccc43)c(C(F)(F)F)cc2-n2c3ccc(-c4nc(-c5ccccc5)nc(-c5ccccc5)n4)cc3c3cc(-c4nc(-c5ccccc5)nc(-c5ccccc5)n4)ccc32)c(F)c1F. The van der Waals surface area contributed by atoms with Crippen molar-refractivity contribution in [3.8, 4) is 159 Å². The zero-order chi connectivity index (χ0) is 80.6. The molecule has 0 aliphatic heterocycles. The van der Waals surface area contributed by atoms with E-state index in [0.717, 1.165) is 6.07 Å². The normalized spacial score (nSPS) is 11.7. The van der Waals surface area contributed by atoms with Gasteiger partial charge < -0.3 is 9.13 Å². The Labute approximate surface area is 671 Å². The molecule has 0 unspecified atom stereocenters. The van der Waals surface area contributed by atoms with Gasteiger partial charge in [-0.2, -0.15) is 13.2 Å². The highest BCUT2D eigenvalue weighted by atomic mass is 19.4. The van der Waals surface area contributed by atoms with Crippen LogP contribution in [0.2, 0.25) is 0 Å². The molecule has 0 spiro atoms. The number of hydrogen-bond acceptors (Lipinski definition) is 12. The maximum atomic E-state index is 17.7.